The molecule has 0 atom stereocenters. The molecule has 0 bridgehead atoms. The summed E-state index contributed by atoms with van der Waals surface area (Å²) in [5.74, 6) is -0.290. The molecule has 0 aliphatic carbocycles. The Morgan fingerprint density at radius 2 is 1.93 bits per heavy atom. The minimum absolute atomic E-state index is 0.00914. The Kier molecular flexibility index (Phi) is 4.33. The molecule has 0 radical (unpaired) electrons. The Morgan fingerprint density at radius 1 is 1.07 bits per heavy atom. The lowest BCUT2D eigenvalue weighted by Crippen LogP contribution is -2.56. The molecule has 2 aromatic heterocycles. The molecule has 5 rings (SSSR count). The summed E-state index contributed by atoms with van der Waals surface area (Å²) in [6.45, 7) is 1.58. The van der Waals surface area contributed by atoms with Crippen LogP contribution in [0, 0.1) is 5.92 Å². The van der Waals surface area contributed by atoms with Crippen molar-refractivity contribution in [3.8, 4) is 0 Å². The highest BCUT2D eigenvalue weighted by molar-refractivity contribution is 7.89. The molecule has 4 heterocycles. The van der Waals surface area contributed by atoms with E-state index in [-0.39, 0.29) is 29.8 Å². The van der Waals surface area contributed by atoms with Gasteiger partial charge < -0.3 is 4.90 Å². The van der Waals surface area contributed by atoms with Crippen LogP contribution in [0.3, 0.4) is 0 Å². The molecule has 148 valence electrons. The third kappa shape index (κ3) is 3.08. The zero-order valence-electron chi connectivity index (χ0n) is 15.7. The molecule has 0 unspecified atom stereocenters. The summed E-state index contributed by atoms with van der Waals surface area (Å²) in [6.07, 6.45) is 5.77. The summed E-state index contributed by atoms with van der Waals surface area (Å²) in [5, 5.41) is 1.43. The number of hydrogen-bond donors (Lipinski definition) is 0. The largest absolute Gasteiger partial charge is 0.336 e. The summed E-state index contributed by atoms with van der Waals surface area (Å²) in [4.78, 5) is 23.4. The maximum Gasteiger partial charge on any atom is 0.243 e. The van der Waals surface area contributed by atoms with Crippen LogP contribution in [-0.4, -0.2) is 53.1 Å². The summed E-state index contributed by atoms with van der Waals surface area (Å²) >= 11 is 0. The predicted molar refractivity (Wildman–Crippen MR) is 107 cm³/mol. The summed E-state index contributed by atoms with van der Waals surface area (Å²) in [5.41, 5.74) is 2.11. The van der Waals surface area contributed by atoms with Gasteiger partial charge in [0, 0.05) is 49.0 Å². The van der Waals surface area contributed by atoms with Crippen LogP contribution >= 0.6 is 0 Å². The lowest BCUT2D eigenvalue weighted by Gasteiger charge is -2.40. The number of nitrogens with zero attached hydrogens (tertiary/aromatic N) is 4. The van der Waals surface area contributed by atoms with E-state index >= 15 is 0 Å². The van der Waals surface area contributed by atoms with Gasteiger partial charge in [0.1, 0.15) is 0 Å². The monoisotopic (exact) mass is 408 g/mol. The van der Waals surface area contributed by atoms with Crippen LogP contribution in [0.15, 0.2) is 59.9 Å². The van der Waals surface area contributed by atoms with Crippen LogP contribution in [0.4, 0.5) is 0 Å². The first-order valence-electron chi connectivity index (χ1n) is 9.58. The molecule has 0 N–H and O–H groups in total. The first kappa shape index (κ1) is 18.2. The van der Waals surface area contributed by atoms with Gasteiger partial charge in [0.15, 0.2) is 0 Å². The number of carbonyl (C=O) groups excluding carboxylic acids is 1. The Bertz CT molecular complexity index is 1200. The molecule has 8 heteroatoms. The molecule has 3 aromatic rings. The number of hydrogen-bond acceptors (Lipinski definition) is 5. The number of benzene rings is 1. The number of sulfonamides is 1. The van der Waals surface area contributed by atoms with Crippen molar-refractivity contribution in [1.29, 1.82) is 0 Å². The highest BCUT2D eigenvalue weighted by Gasteiger charge is 2.42. The average Bonchev–Trinajstić information content (AvgIpc) is 2.71. The van der Waals surface area contributed by atoms with Gasteiger partial charge in [-0.25, -0.2) is 8.42 Å². The molecule has 29 heavy (non-hydrogen) atoms. The number of fused-ring (bicyclic) bond motifs is 2. The quantitative estimate of drug-likeness (QED) is 0.660. The predicted octanol–water partition coefficient (Wildman–Crippen LogP) is 1.84. The van der Waals surface area contributed by atoms with Gasteiger partial charge in [0.05, 0.1) is 23.1 Å². The molecule has 7 nitrogen and oxygen atoms in total. The van der Waals surface area contributed by atoms with Crippen molar-refractivity contribution in [2.75, 3.05) is 19.6 Å². The van der Waals surface area contributed by atoms with Crippen LogP contribution in [0.2, 0.25) is 0 Å². The van der Waals surface area contributed by atoms with E-state index in [0.717, 1.165) is 17.5 Å². The van der Waals surface area contributed by atoms with Crippen molar-refractivity contribution < 1.29 is 13.2 Å². The van der Waals surface area contributed by atoms with Crippen LogP contribution in [-0.2, 0) is 27.8 Å². The fraction of sp³-hybridized carbons (Fsp3) is 0.286. The minimum Gasteiger partial charge on any atom is -0.336 e. The summed E-state index contributed by atoms with van der Waals surface area (Å²) in [6, 6.07) is 10.8. The highest BCUT2D eigenvalue weighted by Crippen LogP contribution is 2.31. The van der Waals surface area contributed by atoms with E-state index < -0.39 is 10.0 Å². The normalized spacial score (nSPS) is 17.7. The molecule has 1 amide bonds. The van der Waals surface area contributed by atoms with Gasteiger partial charge in [-0.15, -0.1) is 0 Å². The molecular formula is C21H20N4O3S. The summed E-state index contributed by atoms with van der Waals surface area (Å²) < 4.78 is 27.6. The number of rotatable bonds is 3. The standard InChI is InChI=1S/C21H20N4O3S/c26-21(24-10-7-15-4-2-8-23-19(15)14-24)17-12-25(13-17)29(27,28)20-5-1-3-16-11-22-9-6-18(16)20/h1-6,8-9,11,17H,7,10,12-14H2. The van der Waals surface area contributed by atoms with Crippen molar-refractivity contribution in [2.45, 2.75) is 17.9 Å². The molecule has 2 aliphatic heterocycles. The fourth-order valence-corrected chi connectivity index (χ4v) is 5.80. The van der Waals surface area contributed by atoms with Gasteiger partial charge in [-0.2, -0.15) is 4.31 Å². The van der Waals surface area contributed by atoms with E-state index in [1.807, 2.05) is 18.2 Å². The first-order valence-corrected chi connectivity index (χ1v) is 11.0. The van der Waals surface area contributed by atoms with E-state index in [1.165, 1.54) is 9.87 Å². The Hall–Kier alpha value is -2.84. The van der Waals surface area contributed by atoms with Gasteiger partial charge in [-0.3, -0.25) is 14.8 Å². The lowest BCUT2D eigenvalue weighted by molar-refractivity contribution is -0.140. The van der Waals surface area contributed by atoms with Crippen molar-refractivity contribution in [3.63, 3.8) is 0 Å². The third-order valence-electron chi connectivity index (χ3n) is 5.74. The van der Waals surface area contributed by atoms with Crippen LogP contribution in [0.5, 0.6) is 0 Å². The number of aromatic nitrogens is 2. The van der Waals surface area contributed by atoms with Gasteiger partial charge in [-0.05, 0) is 30.2 Å². The average molecular weight is 408 g/mol. The molecule has 0 spiro atoms. The molecular weight excluding hydrogens is 388 g/mol. The first-order chi connectivity index (χ1) is 14.0. The van der Waals surface area contributed by atoms with Crippen LogP contribution in [0.1, 0.15) is 11.3 Å². The van der Waals surface area contributed by atoms with Gasteiger partial charge in [0.2, 0.25) is 15.9 Å². The molecule has 0 saturated carbocycles. The maximum absolute atomic E-state index is 13.1. The highest BCUT2D eigenvalue weighted by atomic mass is 32.2. The van der Waals surface area contributed by atoms with E-state index in [0.29, 0.717) is 18.5 Å². The van der Waals surface area contributed by atoms with Crippen molar-refractivity contribution >= 4 is 26.7 Å². The second-order valence-corrected chi connectivity index (χ2v) is 9.40. The number of amides is 1. The smallest absolute Gasteiger partial charge is 0.243 e. The second-order valence-electron chi connectivity index (χ2n) is 7.49. The van der Waals surface area contributed by atoms with Crippen LogP contribution in [0.25, 0.3) is 10.8 Å². The van der Waals surface area contributed by atoms with Gasteiger partial charge in [0.25, 0.3) is 0 Å². The molecule has 1 saturated heterocycles. The number of pyridine rings is 2. The zero-order chi connectivity index (χ0) is 20.0. The third-order valence-corrected chi connectivity index (χ3v) is 7.63. The Balaban J connectivity index is 1.31. The molecule has 2 aliphatic rings. The summed E-state index contributed by atoms with van der Waals surface area (Å²) in [7, 11) is -3.65. The Labute approximate surface area is 169 Å². The molecule has 1 aromatic carbocycles. The SMILES string of the molecule is O=C(C1CN(S(=O)(=O)c2cccc3cnccc23)C1)N1CCc2cccnc2C1. The van der Waals surface area contributed by atoms with Gasteiger partial charge in [-0.1, -0.05) is 18.2 Å². The Morgan fingerprint density at radius 3 is 2.79 bits per heavy atom. The molecule has 1 fully saturated rings. The van der Waals surface area contributed by atoms with E-state index in [4.69, 9.17) is 0 Å². The topological polar surface area (TPSA) is 83.5 Å². The van der Waals surface area contributed by atoms with E-state index in [1.54, 1.807) is 41.7 Å². The lowest BCUT2D eigenvalue weighted by atomic mass is 9.98. The van der Waals surface area contributed by atoms with E-state index in [9.17, 15) is 13.2 Å². The van der Waals surface area contributed by atoms with Crippen molar-refractivity contribution in [2.24, 2.45) is 5.92 Å². The second kappa shape index (κ2) is 6.89. The van der Waals surface area contributed by atoms with Crippen molar-refractivity contribution in [1.82, 2.24) is 19.2 Å². The fourth-order valence-electron chi connectivity index (χ4n) is 4.05. The van der Waals surface area contributed by atoms with Crippen LogP contribution < -0.4 is 0 Å². The number of carbonyl (C=O) groups is 1. The maximum atomic E-state index is 13.1. The van der Waals surface area contributed by atoms with Gasteiger partial charge >= 0.3 is 0 Å². The van der Waals surface area contributed by atoms with Crippen molar-refractivity contribution in [3.05, 3.63) is 66.2 Å². The zero-order valence-corrected chi connectivity index (χ0v) is 16.5. The van der Waals surface area contributed by atoms with E-state index in [2.05, 4.69) is 9.97 Å². The minimum atomic E-state index is -3.65.